The Labute approximate surface area is 205 Å². The van der Waals surface area contributed by atoms with Gasteiger partial charge < -0.3 is 24.1 Å². The zero-order valence-corrected chi connectivity index (χ0v) is 19.9. The van der Waals surface area contributed by atoms with Gasteiger partial charge in [0, 0.05) is 31.1 Å². The van der Waals surface area contributed by atoms with Crippen LogP contribution < -0.4 is 9.47 Å². The lowest BCUT2D eigenvalue weighted by Gasteiger charge is -2.14. The molecule has 1 atom stereocenters. The second-order valence-electron chi connectivity index (χ2n) is 7.78. The molecule has 0 spiro atoms. The van der Waals surface area contributed by atoms with Crippen LogP contribution in [0.4, 0.5) is 0 Å². The average molecular weight is 479 g/mol. The molecule has 3 rings (SSSR count). The SMILES string of the molecule is CCOC(=O)[C@H](Cc1ccc(OCCCOc2ccc(C(=O)c3ccc(O)cc3)cc2)cc1)OC. The molecule has 0 bridgehead atoms. The van der Waals surface area contributed by atoms with E-state index in [1.165, 1.54) is 19.2 Å². The fourth-order valence-electron chi connectivity index (χ4n) is 3.35. The molecule has 35 heavy (non-hydrogen) atoms. The molecule has 0 radical (unpaired) electrons. The van der Waals surface area contributed by atoms with E-state index in [0.29, 0.717) is 49.5 Å². The van der Waals surface area contributed by atoms with Gasteiger partial charge >= 0.3 is 5.97 Å². The van der Waals surface area contributed by atoms with Crippen LogP contribution in [0.25, 0.3) is 0 Å². The summed E-state index contributed by atoms with van der Waals surface area (Å²) in [4.78, 5) is 24.3. The van der Waals surface area contributed by atoms with Crippen LogP contribution in [0.2, 0.25) is 0 Å². The van der Waals surface area contributed by atoms with E-state index in [9.17, 15) is 14.7 Å². The monoisotopic (exact) mass is 478 g/mol. The van der Waals surface area contributed by atoms with Crippen LogP contribution in [0.3, 0.4) is 0 Å². The summed E-state index contributed by atoms with van der Waals surface area (Å²) in [7, 11) is 1.49. The first-order chi connectivity index (χ1) is 17.0. The lowest BCUT2D eigenvalue weighted by molar-refractivity contribution is -0.154. The predicted molar refractivity (Wildman–Crippen MR) is 131 cm³/mol. The highest BCUT2D eigenvalue weighted by atomic mass is 16.6. The van der Waals surface area contributed by atoms with Gasteiger partial charge in [-0.3, -0.25) is 4.79 Å². The summed E-state index contributed by atoms with van der Waals surface area (Å²) in [6.45, 7) is 3.04. The highest BCUT2D eigenvalue weighted by Gasteiger charge is 2.19. The molecule has 7 nitrogen and oxygen atoms in total. The smallest absolute Gasteiger partial charge is 0.335 e. The zero-order chi connectivity index (χ0) is 25.0. The molecule has 7 heteroatoms. The number of aromatic hydroxyl groups is 1. The van der Waals surface area contributed by atoms with Gasteiger partial charge in [-0.05, 0) is 73.2 Å². The molecule has 0 heterocycles. The number of phenolic OH excluding ortho intramolecular Hbond substituents is 1. The largest absolute Gasteiger partial charge is 0.508 e. The number of ketones is 1. The van der Waals surface area contributed by atoms with Gasteiger partial charge in [-0.2, -0.15) is 0 Å². The van der Waals surface area contributed by atoms with Crippen LogP contribution in [-0.2, 0) is 20.7 Å². The van der Waals surface area contributed by atoms with E-state index < -0.39 is 6.10 Å². The lowest BCUT2D eigenvalue weighted by atomic mass is 10.0. The van der Waals surface area contributed by atoms with Gasteiger partial charge in [0.15, 0.2) is 11.9 Å². The van der Waals surface area contributed by atoms with Crippen LogP contribution in [-0.4, -0.2) is 49.9 Å². The third kappa shape index (κ3) is 7.86. The maximum atomic E-state index is 12.5. The molecule has 0 aromatic heterocycles. The molecule has 3 aromatic carbocycles. The second kappa shape index (κ2) is 13.2. The normalized spacial score (nSPS) is 11.5. The quantitative estimate of drug-likeness (QED) is 0.218. The Hall–Kier alpha value is -3.84. The second-order valence-corrected chi connectivity index (χ2v) is 7.78. The Bertz CT molecular complexity index is 1070. The number of rotatable bonds is 13. The maximum absolute atomic E-state index is 12.5. The van der Waals surface area contributed by atoms with E-state index >= 15 is 0 Å². The lowest BCUT2D eigenvalue weighted by Crippen LogP contribution is -2.27. The van der Waals surface area contributed by atoms with Gasteiger partial charge in [-0.1, -0.05) is 12.1 Å². The van der Waals surface area contributed by atoms with E-state index in [0.717, 1.165) is 11.3 Å². The van der Waals surface area contributed by atoms with Crippen molar-refractivity contribution >= 4 is 11.8 Å². The molecule has 0 fully saturated rings. The number of methoxy groups -OCH3 is 1. The molecule has 0 unspecified atom stereocenters. The molecule has 0 aliphatic heterocycles. The van der Waals surface area contributed by atoms with Gasteiger partial charge in [0.25, 0.3) is 0 Å². The fourth-order valence-corrected chi connectivity index (χ4v) is 3.35. The maximum Gasteiger partial charge on any atom is 0.335 e. The van der Waals surface area contributed by atoms with E-state index in [1.807, 2.05) is 24.3 Å². The van der Waals surface area contributed by atoms with Crippen molar-refractivity contribution < 1.29 is 33.6 Å². The van der Waals surface area contributed by atoms with E-state index in [1.54, 1.807) is 43.3 Å². The first-order valence-corrected chi connectivity index (χ1v) is 11.5. The first kappa shape index (κ1) is 25.8. The van der Waals surface area contributed by atoms with Gasteiger partial charge in [0.05, 0.1) is 19.8 Å². The average Bonchev–Trinajstić information content (AvgIpc) is 2.88. The van der Waals surface area contributed by atoms with Crippen LogP contribution >= 0.6 is 0 Å². The number of carbonyl (C=O) groups excluding carboxylic acids is 2. The summed E-state index contributed by atoms with van der Waals surface area (Å²) in [5.41, 5.74) is 2.01. The van der Waals surface area contributed by atoms with Crippen molar-refractivity contribution in [1.82, 2.24) is 0 Å². The van der Waals surface area contributed by atoms with Crippen LogP contribution in [0.1, 0.15) is 34.8 Å². The van der Waals surface area contributed by atoms with Gasteiger partial charge in [-0.25, -0.2) is 4.79 Å². The zero-order valence-electron chi connectivity index (χ0n) is 19.9. The third-order valence-corrected chi connectivity index (χ3v) is 5.25. The standard InChI is InChI=1S/C28H30O7/c1-3-33-28(31)26(32-2)19-20-5-13-24(14-6-20)34-17-4-18-35-25-15-9-22(10-16-25)27(30)21-7-11-23(29)12-8-21/h5-16,26,29H,3-4,17-19H2,1-2H3/t26-/m0/s1. The molecular weight excluding hydrogens is 448 g/mol. The van der Waals surface area contributed by atoms with Gasteiger partial charge in [0.1, 0.15) is 17.2 Å². The number of hydrogen-bond acceptors (Lipinski definition) is 7. The highest BCUT2D eigenvalue weighted by Crippen LogP contribution is 2.18. The number of hydrogen-bond donors (Lipinski definition) is 1. The Balaban J connectivity index is 1.38. The van der Waals surface area contributed by atoms with Crippen molar-refractivity contribution in [1.29, 1.82) is 0 Å². The van der Waals surface area contributed by atoms with Crippen molar-refractivity contribution in [2.75, 3.05) is 26.9 Å². The Morgan fingerprint density at radius 3 is 1.83 bits per heavy atom. The van der Waals surface area contributed by atoms with Gasteiger partial charge in [-0.15, -0.1) is 0 Å². The number of esters is 1. The molecule has 3 aromatic rings. The molecule has 184 valence electrons. The number of ether oxygens (including phenoxy) is 4. The fraction of sp³-hybridized carbons (Fsp3) is 0.286. The van der Waals surface area contributed by atoms with E-state index in [2.05, 4.69) is 0 Å². The minimum Gasteiger partial charge on any atom is -0.508 e. The number of carbonyl (C=O) groups is 2. The van der Waals surface area contributed by atoms with E-state index in [-0.39, 0.29) is 17.5 Å². The van der Waals surface area contributed by atoms with Crippen molar-refractivity contribution in [3.05, 3.63) is 89.5 Å². The van der Waals surface area contributed by atoms with Crippen molar-refractivity contribution in [2.45, 2.75) is 25.9 Å². The van der Waals surface area contributed by atoms with Crippen LogP contribution in [0.15, 0.2) is 72.8 Å². The minimum atomic E-state index is -0.626. The Morgan fingerprint density at radius 1 is 0.800 bits per heavy atom. The van der Waals surface area contributed by atoms with Gasteiger partial charge in [0.2, 0.25) is 0 Å². The molecule has 0 aliphatic carbocycles. The summed E-state index contributed by atoms with van der Waals surface area (Å²) in [6, 6.07) is 20.6. The number of phenols is 1. The summed E-state index contributed by atoms with van der Waals surface area (Å²) >= 11 is 0. The van der Waals surface area contributed by atoms with Crippen LogP contribution in [0, 0.1) is 0 Å². The molecule has 0 saturated heterocycles. The molecule has 1 N–H and O–H groups in total. The summed E-state index contributed by atoms with van der Waals surface area (Å²) in [5.74, 6) is 1.04. The van der Waals surface area contributed by atoms with Crippen molar-refractivity contribution in [3.63, 3.8) is 0 Å². The Kier molecular flexibility index (Phi) is 9.69. The highest BCUT2D eigenvalue weighted by molar-refractivity contribution is 6.09. The first-order valence-electron chi connectivity index (χ1n) is 11.5. The summed E-state index contributed by atoms with van der Waals surface area (Å²) in [5, 5.41) is 9.36. The third-order valence-electron chi connectivity index (χ3n) is 5.25. The molecule has 0 amide bonds. The topological polar surface area (TPSA) is 91.3 Å². The number of benzene rings is 3. The molecule has 0 aliphatic rings. The predicted octanol–water partition coefficient (Wildman–Crippen LogP) is 4.59. The van der Waals surface area contributed by atoms with E-state index in [4.69, 9.17) is 18.9 Å². The molecule has 0 saturated carbocycles. The Morgan fingerprint density at radius 2 is 1.31 bits per heavy atom. The minimum absolute atomic E-state index is 0.116. The molecular formula is C28H30O7. The summed E-state index contributed by atoms with van der Waals surface area (Å²) in [6.07, 6.45) is 0.492. The van der Waals surface area contributed by atoms with Crippen molar-refractivity contribution in [3.8, 4) is 17.2 Å². The van der Waals surface area contributed by atoms with Crippen molar-refractivity contribution in [2.24, 2.45) is 0 Å². The summed E-state index contributed by atoms with van der Waals surface area (Å²) < 4.78 is 21.7. The van der Waals surface area contributed by atoms with Crippen LogP contribution in [0.5, 0.6) is 17.2 Å².